The van der Waals surface area contributed by atoms with Crippen LogP contribution in [-0.4, -0.2) is 136 Å². The second-order valence-electron chi connectivity index (χ2n) is 22.6. The summed E-state index contributed by atoms with van der Waals surface area (Å²) in [5.74, 6) is -10.1. The number of esters is 7. The summed E-state index contributed by atoms with van der Waals surface area (Å²) in [5, 5.41) is 0. The van der Waals surface area contributed by atoms with Gasteiger partial charge in [-0.1, -0.05) is 196 Å². The van der Waals surface area contributed by atoms with Crippen LogP contribution in [0, 0.1) is 11.8 Å². The fraction of sp³-hybridized carbons (Fsp3) is 0.877. The monoisotopic (exact) mass is 1170 g/mol. The molecule has 0 bridgehead atoms. The van der Waals surface area contributed by atoms with Gasteiger partial charge in [0.05, 0.1) is 51.7 Å². The number of carbonyl (C=O) groups excluding carboxylic acids is 8. The molecule has 0 spiro atoms. The van der Waals surface area contributed by atoms with Gasteiger partial charge in [0.15, 0.2) is 11.8 Å². The Labute approximate surface area is 497 Å². The highest BCUT2D eigenvalue weighted by molar-refractivity contribution is 5.99. The van der Waals surface area contributed by atoms with Crippen molar-refractivity contribution in [3.63, 3.8) is 0 Å². The first kappa shape index (κ1) is 77.7. The number of carbonyl (C=O) groups is 8. The number of hydrogen-bond donors (Lipinski definition) is 0. The summed E-state index contributed by atoms with van der Waals surface area (Å²) >= 11 is 0. The first-order valence-electron chi connectivity index (χ1n) is 32.8. The third kappa shape index (κ3) is 43.4. The molecule has 0 rings (SSSR count). The van der Waals surface area contributed by atoms with Crippen LogP contribution in [0.15, 0.2) is 0 Å². The Balaban J connectivity index is 6.93. The van der Waals surface area contributed by atoms with Crippen molar-refractivity contribution in [2.75, 3.05) is 66.8 Å². The first-order valence-corrected chi connectivity index (χ1v) is 32.8. The molecular formula is C65H118N2O15. The summed E-state index contributed by atoms with van der Waals surface area (Å²) in [6.07, 6.45) is 28.4. The molecule has 3 atom stereocenters. The van der Waals surface area contributed by atoms with E-state index in [1.54, 1.807) is 0 Å². The van der Waals surface area contributed by atoms with Gasteiger partial charge in [0.1, 0.15) is 19.3 Å². The summed E-state index contributed by atoms with van der Waals surface area (Å²) < 4.78 is 39.7. The SMILES string of the molecule is CCCCCCCCCCOC(=O)CC(C(=O)OCCCCCC)C(=O)OCC(COC(=O)C(CC(=O)OCCCCCCCCCC)C(=O)OCCCCCC)N(CCCCN(C)C)C(=O)CCC(=O)OC(CCC)CCCCCC. The smallest absolute Gasteiger partial charge is 0.321 e. The average Bonchev–Trinajstić information content (AvgIpc) is 3.50. The standard InChI is InChI=1S/C65H118N2O15/c1-9-15-20-25-27-29-31-38-46-76-60(70)50-56(62(72)78-48-36-23-18-12-4)64(74)80-52-54(67(45-35-34-44-66(7)8)58(68)42-43-59(69)82-55(40-14-6)41-33-22-17-11-3)53-81-65(75)57(63(73)79-49-37-24-19-13-5)51-61(71)77-47-39-32-30-28-26-21-16-10-2/h54-57H,9-53H2,1-8H3. The van der Waals surface area contributed by atoms with Gasteiger partial charge in [-0.2, -0.15) is 0 Å². The molecule has 0 saturated heterocycles. The minimum atomic E-state index is -1.70. The van der Waals surface area contributed by atoms with Crippen LogP contribution < -0.4 is 0 Å². The zero-order chi connectivity index (χ0) is 60.9. The van der Waals surface area contributed by atoms with Gasteiger partial charge in [-0.3, -0.25) is 38.4 Å². The number of amides is 1. The number of rotatable bonds is 57. The predicted molar refractivity (Wildman–Crippen MR) is 322 cm³/mol. The van der Waals surface area contributed by atoms with Crippen molar-refractivity contribution in [3.05, 3.63) is 0 Å². The molecule has 0 fully saturated rings. The zero-order valence-corrected chi connectivity index (χ0v) is 53.1. The second kappa shape index (κ2) is 54.6. The Morgan fingerprint density at radius 3 is 1.10 bits per heavy atom. The maximum absolute atomic E-state index is 14.5. The van der Waals surface area contributed by atoms with E-state index < -0.39 is 91.6 Å². The fourth-order valence-electron chi connectivity index (χ4n) is 9.41. The van der Waals surface area contributed by atoms with Gasteiger partial charge >= 0.3 is 41.8 Å². The van der Waals surface area contributed by atoms with E-state index in [-0.39, 0.29) is 51.9 Å². The number of hydrogen-bond acceptors (Lipinski definition) is 16. The molecule has 82 heavy (non-hydrogen) atoms. The van der Waals surface area contributed by atoms with Crippen molar-refractivity contribution in [3.8, 4) is 0 Å². The molecule has 0 N–H and O–H groups in total. The number of unbranched alkanes of at least 4 members (excludes halogenated alkanes) is 24. The number of ether oxygens (including phenoxy) is 7. The maximum Gasteiger partial charge on any atom is 0.321 e. The van der Waals surface area contributed by atoms with Crippen molar-refractivity contribution < 1.29 is 71.5 Å². The van der Waals surface area contributed by atoms with Gasteiger partial charge in [-0.05, 0) is 78.4 Å². The van der Waals surface area contributed by atoms with Crippen LogP contribution in [-0.2, 0) is 71.5 Å². The Kier molecular flexibility index (Phi) is 51.8. The molecule has 0 radical (unpaired) electrons. The average molecular weight is 1170 g/mol. The van der Waals surface area contributed by atoms with E-state index in [0.717, 1.165) is 128 Å². The number of nitrogens with zero attached hydrogens (tertiary/aromatic N) is 2. The molecule has 17 nitrogen and oxygen atoms in total. The summed E-state index contributed by atoms with van der Waals surface area (Å²) in [7, 11) is 3.84. The summed E-state index contributed by atoms with van der Waals surface area (Å²) in [6.45, 7) is 12.4. The van der Waals surface area contributed by atoms with E-state index in [9.17, 15) is 38.4 Å². The second-order valence-corrected chi connectivity index (χ2v) is 22.6. The molecule has 478 valence electrons. The fourth-order valence-corrected chi connectivity index (χ4v) is 9.41. The normalized spacial score (nSPS) is 12.7. The van der Waals surface area contributed by atoms with Gasteiger partial charge in [0.2, 0.25) is 5.91 Å². The van der Waals surface area contributed by atoms with Crippen LogP contribution in [0.25, 0.3) is 0 Å². The lowest BCUT2D eigenvalue weighted by Crippen LogP contribution is -2.48. The van der Waals surface area contributed by atoms with E-state index in [4.69, 9.17) is 33.2 Å². The van der Waals surface area contributed by atoms with Crippen molar-refractivity contribution >= 4 is 47.7 Å². The first-order chi connectivity index (χ1) is 39.7. The van der Waals surface area contributed by atoms with Crippen molar-refractivity contribution in [1.82, 2.24) is 9.80 Å². The van der Waals surface area contributed by atoms with Crippen LogP contribution in [0.2, 0.25) is 0 Å². The van der Waals surface area contributed by atoms with Gasteiger partial charge in [-0.15, -0.1) is 0 Å². The minimum absolute atomic E-state index is 0.0271. The molecule has 17 heteroatoms. The molecular weight excluding hydrogens is 1050 g/mol. The van der Waals surface area contributed by atoms with Crippen LogP contribution in [0.5, 0.6) is 0 Å². The maximum atomic E-state index is 14.5. The van der Waals surface area contributed by atoms with E-state index in [1.165, 1.54) is 43.4 Å². The van der Waals surface area contributed by atoms with Crippen molar-refractivity contribution in [2.45, 2.75) is 291 Å². The van der Waals surface area contributed by atoms with Crippen molar-refractivity contribution in [2.24, 2.45) is 11.8 Å². The molecule has 0 aromatic heterocycles. The largest absolute Gasteiger partial charge is 0.466 e. The summed E-state index contributed by atoms with van der Waals surface area (Å²) in [5.41, 5.74) is 0. The molecule has 0 aliphatic rings. The third-order valence-corrected chi connectivity index (χ3v) is 14.6. The Hall–Kier alpha value is -4.28. The van der Waals surface area contributed by atoms with E-state index >= 15 is 0 Å². The lowest BCUT2D eigenvalue weighted by molar-refractivity contribution is -0.171. The highest BCUT2D eigenvalue weighted by atomic mass is 16.6. The van der Waals surface area contributed by atoms with Gasteiger partial charge < -0.3 is 43.0 Å². The van der Waals surface area contributed by atoms with E-state index in [1.807, 2.05) is 25.9 Å². The van der Waals surface area contributed by atoms with Crippen LogP contribution in [0.4, 0.5) is 0 Å². The quantitative estimate of drug-likeness (QED) is 0.0240. The summed E-state index contributed by atoms with van der Waals surface area (Å²) in [6, 6.07) is -1.22. The topological polar surface area (TPSA) is 208 Å². The molecule has 3 unspecified atom stereocenters. The molecule has 0 aromatic rings. The molecule has 0 heterocycles. The van der Waals surface area contributed by atoms with E-state index in [0.29, 0.717) is 51.5 Å². The minimum Gasteiger partial charge on any atom is -0.466 e. The molecule has 0 aliphatic heterocycles. The van der Waals surface area contributed by atoms with Gasteiger partial charge in [0, 0.05) is 13.0 Å². The molecule has 1 amide bonds. The molecule has 0 aromatic carbocycles. The Bertz CT molecular complexity index is 1580. The van der Waals surface area contributed by atoms with Crippen molar-refractivity contribution in [1.29, 1.82) is 0 Å². The van der Waals surface area contributed by atoms with Crippen LogP contribution in [0.3, 0.4) is 0 Å². The lowest BCUT2D eigenvalue weighted by atomic mass is 10.1. The Morgan fingerprint density at radius 2 is 0.695 bits per heavy atom. The molecule has 0 aliphatic carbocycles. The lowest BCUT2D eigenvalue weighted by Gasteiger charge is -2.32. The van der Waals surface area contributed by atoms with Gasteiger partial charge in [-0.25, -0.2) is 0 Å². The summed E-state index contributed by atoms with van der Waals surface area (Å²) in [4.78, 5) is 114. The van der Waals surface area contributed by atoms with Gasteiger partial charge in [0.25, 0.3) is 0 Å². The predicted octanol–water partition coefficient (Wildman–Crippen LogP) is 13.7. The third-order valence-electron chi connectivity index (χ3n) is 14.6. The van der Waals surface area contributed by atoms with Crippen LogP contribution >= 0.6 is 0 Å². The highest BCUT2D eigenvalue weighted by Crippen LogP contribution is 2.20. The van der Waals surface area contributed by atoms with E-state index in [2.05, 4.69) is 34.6 Å². The zero-order valence-electron chi connectivity index (χ0n) is 53.1. The highest BCUT2D eigenvalue weighted by Gasteiger charge is 2.37. The Morgan fingerprint density at radius 1 is 0.341 bits per heavy atom. The molecule has 0 saturated carbocycles. The van der Waals surface area contributed by atoms with Crippen LogP contribution in [0.1, 0.15) is 279 Å².